The van der Waals surface area contributed by atoms with E-state index in [0.29, 0.717) is 22.7 Å². The van der Waals surface area contributed by atoms with Crippen molar-refractivity contribution in [2.45, 2.75) is 6.54 Å². The minimum Gasteiger partial charge on any atom is -0.444 e. The van der Waals surface area contributed by atoms with Crippen molar-refractivity contribution >= 4 is 32.9 Å². The summed E-state index contributed by atoms with van der Waals surface area (Å²) in [6.45, 7) is 0.398. The monoisotopic (exact) mass is 397 g/mol. The minimum absolute atomic E-state index is 0.263. The van der Waals surface area contributed by atoms with E-state index >= 15 is 0 Å². The van der Waals surface area contributed by atoms with Gasteiger partial charge in [0.1, 0.15) is 5.52 Å². The molecule has 0 radical (unpaired) electrons. The third-order valence-corrected chi connectivity index (χ3v) is 4.07. The van der Waals surface area contributed by atoms with Crippen LogP contribution in [0.5, 0.6) is 0 Å². The summed E-state index contributed by atoms with van der Waals surface area (Å²) in [5.74, 6) is 0.545. The summed E-state index contributed by atoms with van der Waals surface area (Å²) < 4.78 is 11.5. The molecule has 0 saturated heterocycles. The second kappa shape index (κ2) is 6.52. The first-order valence-corrected chi connectivity index (χ1v) is 8.32. The molecule has 1 N–H and O–H groups in total. The number of carbonyl (C=O) groups is 1. The molecular weight excluding hydrogens is 386 g/mol. The zero-order valence-corrected chi connectivity index (χ0v) is 14.5. The van der Waals surface area contributed by atoms with Crippen molar-refractivity contribution < 1.29 is 13.6 Å². The number of amides is 1. The van der Waals surface area contributed by atoms with E-state index in [1.807, 2.05) is 24.3 Å². The molecule has 0 unspecified atom stereocenters. The third-order valence-electron chi connectivity index (χ3n) is 3.64. The van der Waals surface area contributed by atoms with Gasteiger partial charge >= 0.3 is 0 Å². The van der Waals surface area contributed by atoms with E-state index < -0.39 is 0 Å². The van der Waals surface area contributed by atoms with Crippen LogP contribution >= 0.6 is 15.9 Å². The first kappa shape index (κ1) is 15.6. The van der Waals surface area contributed by atoms with E-state index in [9.17, 15) is 4.79 Å². The maximum absolute atomic E-state index is 12.0. The van der Waals surface area contributed by atoms with E-state index in [1.165, 1.54) is 0 Å². The fourth-order valence-electron chi connectivity index (χ4n) is 2.37. The lowest BCUT2D eigenvalue weighted by molar-refractivity contribution is 0.0922. The Balaban J connectivity index is 1.45. The Morgan fingerprint density at radius 1 is 1.08 bits per heavy atom. The van der Waals surface area contributed by atoms with Crippen LogP contribution in [0.2, 0.25) is 0 Å². The summed E-state index contributed by atoms with van der Waals surface area (Å²) in [5.41, 5.74) is 3.24. The van der Waals surface area contributed by atoms with Gasteiger partial charge in [-0.25, -0.2) is 4.98 Å². The summed E-state index contributed by atoms with van der Waals surface area (Å²) in [5, 5.41) is 2.81. The number of rotatable bonds is 4. The average Bonchev–Trinajstić information content (AvgIpc) is 3.26. The summed E-state index contributed by atoms with van der Waals surface area (Å²) in [6, 6.07) is 12.7. The van der Waals surface area contributed by atoms with E-state index in [4.69, 9.17) is 8.83 Å². The number of nitrogens with zero attached hydrogens (tertiary/aromatic N) is 2. The van der Waals surface area contributed by atoms with E-state index in [0.717, 1.165) is 16.6 Å². The standard InChI is InChI=1S/C18H12BrN3O3/c19-16-6-5-15(24-16)17(23)21-9-11-1-3-12(4-2-11)18-22-13-10-20-8-7-14(13)25-18/h1-8,10H,9H2,(H,21,23). The van der Waals surface area contributed by atoms with Crippen molar-refractivity contribution in [1.82, 2.24) is 15.3 Å². The number of oxazole rings is 1. The predicted octanol–water partition coefficient (Wildman–Crippen LogP) is 4.18. The van der Waals surface area contributed by atoms with Gasteiger partial charge in [-0.15, -0.1) is 0 Å². The number of hydrogen-bond acceptors (Lipinski definition) is 5. The minimum atomic E-state index is -0.263. The quantitative estimate of drug-likeness (QED) is 0.558. The molecule has 6 nitrogen and oxygen atoms in total. The Morgan fingerprint density at radius 3 is 2.64 bits per heavy atom. The maximum Gasteiger partial charge on any atom is 0.287 e. The average molecular weight is 398 g/mol. The second-order valence-electron chi connectivity index (χ2n) is 5.35. The van der Waals surface area contributed by atoms with Gasteiger partial charge in [0.15, 0.2) is 16.0 Å². The molecular formula is C18H12BrN3O3. The highest BCUT2D eigenvalue weighted by Gasteiger charge is 2.11. The van der Waals surface area contributed by atoms with Gasteiger partial charge in [-0.2, -0.15) is 0 Å². The van der Waals surface area contributed by atoms with Crippen LogP contribution < -0.4 is 5.32 Å². The number of halogens is 1. The van der Waals surface area contributed by atoms with Gasteiger partial charge in [0.2, 0.25) is 5.89 Å². The largest absolute Gasteiger partial charge is 0.444 e. The number of aromatic nitrogens is 2. The third kappa shape index (κ3) is 3.32. The fourth-order valence-corrected chi connectivity index (χ4v) is 2.68. The molecule has 0 bridgehead atoms. The molecule has 0 spiro atoms. The molecule has 7 heteroatoms. The number of nitrogens with one attached hydrogen (secondary N) is 1. The van der Waals surface area contributed by atoms with Crippen molar-refractivity contribution in [3.63, 3.8) is 0 Å². The Kier molecular flexibility index (Phi) is 4.07. The van der Waals surface area contributed by atoms with Crippen LogP contribution in [0, 0.1) is 0 Å². The Bertz CT molecular complexity index is 1000. The Morgan fingerprint density at radius 2 is 1.92 bits per heavy atom. The maximum atomic E-state index is 12.0. The van der Waals surface area contributed by atoms with Gasteiger partial charge in [0.05, 0.1) is 6.20 Å². The van der Waals surface area contributed by atoms with Gasteiger partial charge < -0.3 is 14.2 Å². The van der Waals surface area contributed by atoms with Crippen molar-refractivity contribution in [1.29, 1.82) is 0 Å². The molecule has 4 aromatic rings. The van der Waals surface area contributed by atoms with Crippen LogP contribution in [0.25, 0.3) is 22.6 Å². The van der Waals surface area contributed by atoms with Gasteiger partial charge in [0, 0.05) is 24.4 Å². The van der Waals surface area contributed by atoms with Crippen LogP contribution in [0.4, 0.5) is 0 Å². The first-order valence-electron chi connectivity index (χ1n) is 7.52. The highest BCUT2D eigenvalue weighted by molar-refractivity contribution is 9.10. The van der Waals surface area contributed by atoms with Crippen LogP contribution in [-0.4, -0.2) is 15.9 Å². The second-order valence-corrected chi connectivity index (χ2v) is 6.13. The number of carbonyl (C=O) groups excluding carboxylic acids is 1. The number of benzene rings is 1. The molecule has 0 fully saturated rings. The molecule has 0 aliphatic carbocycles. The van der Waals surface area contributed by atoms with E-state index in [2.05, 4.69) is 31.2 Å². The highest BCUT2D eigenvalue weighted by atomic mass is 79.9. The number of pyridine rings is 1. The molecule has 3 aromatic heterocycles. The SMILES string of the molecule is O=C(NCc1ccc(-c2nc3cnccc3o2)cc1)c1ccc(Br)o1. The van der Waals surface area contributed by atoms with Gasteiger partial charge in [0.25, 0.3) is 5.91 Å². The Labute approximate surface area is 151 Å². The summed E-state index contributed by atoms with van der Waals surface area (Å²) >= 11 is 3.17. The molecule has 3 heterocycles. The topological polar surface area (TPSA) is 81.2 Å². The summed E-state index contributed by atoms with van der Waals surface area (Å²) in [6.07, 6.45) is 3.33. The zero-order chi connectivity index (χ0) is 17.2. The smallest absolute Gasteiger partial charge is 0.287 e. The molecule has 0 atom stereocenters. The predicted molar refractivity (Wildman–Crippen MR) is 94.8 cm³/mol. The highest BCUT2D eigenvalue weighted by Crippen LogP contribution is 2.23. The molecule has 0 saturated carbocycles. The molecule has 0 aliphatic heterocycles. The normalized spacial score (nSPS) is 10.9. The molecule has 1 aromatic carbocycles. The van der Waals surface area contributed by atoms with Crippen molar-refractivity contribution in [2.75, 3.05) is 0 Å². The lowest BCUT2D eigenvalue weighted by atomic mass is 10.1. The van der Waals surface area contributed by atoms with Crippen molar-refractivity contribution in [3.05, 3.63) is 70.9 Å². The van der Waals surface area contributed by atoms with Gasteiger partial charge in [-0.1, -0.05) is 12.1 Å². The van der Waals surface area contributed by atoms with E-state index in [-0.39, 0.29) is 11.7 Å². The molecule has 0 aliphatic rings. The molecule has 124 valence electrons. The molecule has 1 amide bonds. The van der Waals surface area contributed by atoms with Crippen molar-refractivity contribution in [3.8, 4) is 11.5 Å². The first-order chi connectivity index (χ1) is 12.2. The van der Waals surface area contributed by atoms with Gasteiger partial charge in [-0.3, -0.25) is 9.78 Å². The summed E-state index contributed by atoms with van der Waals surface area (Å²) in [4.78, 5) is 20.4. The fraction of sp³-hybridized carbons (Fsp3) is 0.0556. The number of fused-ring (bicyclic) bond motifs is 1. The van der Waals surface area contributed by atoms with Crippen molar-refractivity contribution in [2.24, 2.45) is 0 Å². The van der Waals surface area contributed by atoms with E-state index in [1.54, 1.807) is 30.6 Å². The van der Waals surface area contributed by atoms with Crippen LogP contribution in [0.15, 0.2) is 68.4 Å². The number of furan rings is 1. The Hall–Kier alpha value is -2.93. The van der Waals surface area contributed by atoms with Crippen LogP contribution in [0.3, 0.4) is 0 Å². The molecule has 4 rings (SSSR count). The molecule has 25 heavy (non-hydrogen) atoms. The lowest BCUT2D eigenvalue weighted by Gasteiger charge is -2.04. The summed E-state index contributed by atoms with van der Waals surface area (Å²) in [7, 11) is 0. The lowest BCUT2D eigenvalue weighted by Crippen LogP contribution is -2.22. The van der Waals surface area contributed by atoms with Crippen LogP contribution in [0.1, 0.15) is 16.1 Å². The van der Waals surface area contributed by atoms with Gasteiger partial charge in [-0.05, 0) is 45.8 Å². The van der Waals surface area contributed by atoms with Crippen LogP contribution in [-0.2, 0) is 6.54 Å². The zero-order valence-electron chi connectivity index (χ0n) is 12.9. The number of hydrogen-bond donors (Lipinski definition) is 1.